The van der Waals surface area contributed by atoms with E-state index >= 15 is 0 Å². The first-order chi connectivity index (χ1) is 9.50. The molecule has 6 nitrogen and oxygen atoms in total. The van der Waals surface area contributed by atoms with Crippen LogP contribution in [0.2, 0.25) is 0 Å². The van der Waals surface area contributed by atoms with Gasteiger partial charge in [-0.3, -0.25) is 4.79 Å². The maximum atomic E-state index is 12.2. The number of aromatic nitrogens is 1. The molecule has 3 N–H and O–H groups in total. The first-order valence-electron chi connectivity index (χ1n) is 5.93. The number of thiophene rings is 1. The zero-order valence-electron chi connectivity index (χ0n) is 10.7. The fraction of sp³-hybridized carbons (Fsp3) is 0.231. The van der Waals surface area contributed by atoms with Crippen LogP contribution in [0.3, 0.4) is 0 Å². The summed E-state index contributed by atoms with van der Waals surface area (Å²) in [5.41, 5.74) is 0.673. The lowest BCUT2D eigenvalue weighted by molar-refractivity contribution is -0.141. The number of carbonyl (C=O) groups excluding carboxylic acids is 1. The molecule has 0 fully saturated rings. The Morgan fingerprint density at radius 3 is 2.55 bits per heavy atom. The van der Waals surface area contributed by atoms with Crippen molar-refractivity contribution in [2.24, 2.45) is 0 Å². The molecule has 106 valence electrons. The van der Waals surface area contributed by atoms with Gasteiger partial charge in [-0.15, -0.1) is 11.3 Å². The molecule has 2 heterocycles. The van der Waals surface area contributed by atoms with Crippen LogP contribution in [0.15, 0.2) is 36.0 Å². The smallest absolute Gasteiger partial charge is 0.328 e. The van der Waals surface area contributed by atoms with Crippen LogP contribution >= 0.6 is 11.3 Å². The first kappa shape index (κ1) is 14.3. The molecule has 0 saturated carbocycles. The summed E-state index contributed by atoms with van der Waals surface area (Å²) in [6.45, 7) is 1.32. The summed E-state index contributed by atoms with van der Waals surface area (Å²) in [5, 5.41) is 22.4. The number of rotatable bonds is 5. The SMILES string of the molecule is C[C@@H](O)[C@H](NC(=O)c1sccc1-n1cccc1)C(=O)O. The second-order valence-corrected chi connectivity index (χ2v) is 5.17. The van der Waals surface area contributed by atoms with Crippen LogP contribution in [0.4, 0.5) is 0 Å². The minimum Gasteiger partial charge on any atom is -0.480 e. The van der Waals surface area contributed by atoms with Crippen molar-refractivity contribution in [2.45, 2.75) is 19.1 Å². The van der Waals surface area contributed by atoms with E-state index in [0.717, 1.165) is 0 Å². The number of aliphatic hydroxyl groups excluding tert-OH is 1. The lowest BCUT2D eigenvalue weighted by atomic mass is 10.2. The summed E-state index contributed by atoms with van der Waals surface area (Å²) in [4.78, 5) is 23.5. The Balaban J connectivity index is 2.22. The number of carboxylic acids is 1. The lowest BCUT2D eigenvalue weighted by Crippen LogP contribution is -2.47. The average Bonchev–Trinajstić information content (AvgIpc) is 3.03. The summed E-state index contributed by atoms with van der Waals surface area (Å²) < 4.78 is 1.77. The third-order valence-electron chi connectivity index (χ3n) is 2.77. The van der Waals surface area contributed by atoms with Gasteiger partial charge in [0.05, 0.1) is 11.8 Å². The number of aliphatic hydroxyl groups is 1. The monoisotopic (exact) mass is 294 g/mol. The van der Waals surface area contributed by atoms with Gasteiger partial charge in [-0.2, -0.15) is 0 Å². The first-order valence-corrected chi connectivity index (χ1v) is 6.81. The number of hydrogen-bond acceptors (Lipinski definition) is 4. The van der Waals surface area contributed by atoms with Crippen molar-refractivity contribution in [1.82, 2.24) is 9.88 Å². The van der Waals surface area contributed by atoms with E-state index < -0.39 is 24.0 Å². The number of aliphatic carboxylic acids is 1. The Labute approximate surface area is 119 Å². The molecule has 2 aromatic rings. The molecule has 0 bridgehead atoms. The minimum atomic E-state index is -1.33. The van der Waals surface area contributed by atoms with Crippen molar-refractivity contribution < 1.29 is 19.8 Å². The number of nitrogens with zero attached hydrogens (tertiary/aromatic N) is 1. The van der Waals surface area contributed by atoms with Crippen LogP contribution in [0.25, 0.3) is 5.69 Å². The van der Waals surface area contributed by atoms with Crippen LogP contribution in [0.1, 0.15) is 16.6 Å². The van der Waals surface area contributed by atoms with Gasteiger partial charge in [0.25, 0.3) is 5.91 Å². The molecule has 2 aromatic heterocycles. The van der Waals surface area contributed by atoms with Gasteiger partial charge in [0.15, 0.2) is 6.04 Å². The molecule has 0 radical (unpaired) electrons. The summed E-state index contributed by atoms with van der Waals surface area (Å²) >= 11 is 1.21. The van der Waals surface area contributed by atoms with Gasteiger partial charge in [0.2, 0.25) is 0 Å². The molecular formula is C13H14N2O4S. The molecule has 0 aliphatic heterocycles. The molecule has 0 aromatic carbocycles. The van der Waals surface area contributed by atoms with E-state index in [-0.39, 0.29) is 0 Å². The van der Waals surface area contributed by atoms with Gasteiger partial charge in [-0.05, 0) is 30.5 Å². The second-order valence-electron chi connectivity index (χ2n) is 4.26. The number of carbonyl (C=O) groups is 2. The Kier molecular flexibility index (Phi) is 4.21. The van der Waals surface area contributed by atoms with E-state index in [1.807, 2.05) is 12.1 Å². The Bertz CT molecular complexity index is 604. The van der Waals surface area contributed by atoms with E-state index in [4.69, 9.17) is 5.11 Å². The summed E-state index contributed by atoms with van der Waals surface area (Å²) in [7, 11) is 0. The van der Waals surface area contributed by atoms with Crippen LogP contribution in [-0.2, 0) is 4.79 Å². The Morgan fingerprint density at radius 1 is 1.35 bits per heavy atom. The molecule has 2 atom stereocenters. The summed E-state index contributed by atoms with van der Waals surface area (Å²) in [6, 6.07) is 4.10. The normalized spacial score (nSPS) is 13.7. The third kappa shape index (κ3) is 2.89. The molecule has 0 unspecified atom stereocenters. The maximum Gasteiger partial charge on any atom is 0.328 e. The van der Waals surface area contributed by atoms with E-state index in [0.29, 0.717) is 10.6 Å². The van der Waals surface area contributed by atoms with Crippen molar-refractivity contribution in [3.63, 3.8) is 0 Å². The average molecular weight is 294 g/mol. The highest BCUT2D eigenvalue weighted by molar-refractivity contribution is 7.12. The molecule has 7 heteroatoms. The number of hydrogen-bond donors (Lipinski definition) is 3. The molecule has 0 aliphatic carbocycles. The van der Waals surface area contributed by atoms with Crippen molar-refractivity contribution in [1.29, 1.82) is 0 Å². The fourth-order valence-corrected chi connectivity index (χ4v) is 2.56. The number of nitrogens with one attached hydrogen (secondary N) is 1. The molecule has 1 amide bonds. The topological polar surface area (TPSA) is 91.6 Å². The highest BCUT2D eigenvalue weighted by Gasteiger charge is 2.27. The lowest BCUT2D eigenvalue weighted by Gasteiger charge is -2.17. The second kappa shape index (κ2) is 5.89. The quantitative estimate of drug-likeness (QED) is 0.770. The standard InChI is InChI=1S/C13H14N2O4S/c1-8(16)10(13(18)19)14-12(17)11-9(4-7-20-11)15-5-2-3-6-15/h2-8,10,16H,1H3,(H,14,17)(H,18,19)/t8-,10+/m1/s1. The molecular weight excluding hydrogens is 280 g/mol. The van der Waals surface area contributed by atoms with Crippen LogP contribution in [-0.4, -0.2) is 38.8 Å². The minimum absolute atomic E-state index is 0.396. The Hall–Kier alpha value is -2.12. The fourth-order valence-electron chi connectivity index (χ4n) is 1.77. The highest BCUT2D eigenvalue weighted by atomic mass is 32.1. The van der Waals surface area contributed by atoms with Gasteiger partial charge in [-0.1, -0.05) is 0 Å². The molecule has 0 saturated heterocycles. The van der Waals surface area contributed by atoms with Crippen LogP contribution < -0.4 is 5.32 Å². The number of amides is 1. The van der Waals surface area contributed by atoms with Gasteiger partial charge in [0, 0.05) is 12.4 Å². The van der Waals surface area contributed by atoms with Gasteiger partial charge >= 0.3 is 5.97 Å². The molecule has 20 heavy (non-hydrogen) atoms. The largest absolute Gasteiger partial charge is 0.480 e. The van der Waals surface area contributed by atoms with Crippen LogP contribution in [0.5, 0.6) is 0 Å². The van der Waals surface area contributed by atoms with E-state index in [2.05, 4.69) is 5.32 Å². The summed E-state index contributed by atoms with van der Waals surface area (Å²) in [6.07, 6.45) is 2.41. The van der Waals surface area contributed by atoms with Crippen molar-refractivity contribution in [2.75, 3.05) is 0 Å². The predicted molar refractivity (Wildman–Crippen MR) is 74.2 cm³/mol. The van der Waals surface area contributed by atoms with Gasteiger partial charge < -0.3 is 20.1 Å². The van der Waals surface area contributed by atoms with Crippen LogP contribution in [0, 0.1) is 0 Å². The van der Waals surface area contributed by atoms with Crippen molar-refractivity contribution in [3.8, 4) is 5.69 Å². The summed E-state index contributed by atoms with van der Waals surface area (Å²) in [5.74, 6) is -1.79. The predicted octanol–water partition coefficient (Wildman–Crippen LogP) is 1.10. The molecule has 2 rings (SSSR count). The number of carboxylic acid groups (broad SMARTS) is 1. The van der Waals surface area contributed by atoms with E-state index in [9.17, 15) is 14.7 Å². The van der Waals surface area contributed by atoms with Gasteiger partial charge in [-0.25, -0.2) is 4.79 Å². The molecule has 0 spiro atoms. The third-order valence-corrected chi connectivity index (χ3v) is 3.67. The molecule has 0 aliphatic rings. The van der Waals surface area contributed by atoms with E-state index in [1.54, 1.807) is 28.4 Å². The Morgan fingerprint density at radius 2 is 2.00 bits per heavy atom. The van der Waals surface area contributed by atoms with E-state index in [1.165, 1.54) is 18.3 Å². The van der Waals surface area contributed by atoms with Gasteiger partial charge in [0.1, 0.15) is 4.88 Å². The zero-order chi connectivity index (χ0) is 14.7. The highest BCUT2D eigenvalue weighted by Crippen LogP contribution is 2.21. The zero-order valence-corrected chi connectivity index (χ0v) is 11.5. The van der Waals surface area contributed by atoms with Crippen molar-refractivity contribution >= 4 is 23.2 Å². The van der Waals surface area contributed by atoms with Crippen molar-refractivity contribution in [3.05, 3.63) is 40.8 Å². The maximum absolute atomic E-state index is 12.2.